The predicted octanol–water partition coefficient (Wildman–Crippen LogP) is 4.52. The molecular weight excluding hydrogens is 528 g/mol. The lowest BCUT2D eigenvalue weighted by molar-refractivity contribution is -0.139. The van der Waals surface area contributed by atoms with E-state index in [2.05, 4.69) is 4.99 Å². The first-order chi connectivity index (χ1) is 19.3. The Morgan fingerprint density at radius 1 is 0.975 bits per heavy atom. The number of benzene rings is 3. The fourth-order valence-electron chi connectivity index (χ4n) is 4.43. The third-order valence-corrected chi connectivity index (χ3v) is 7.09. The minimum absolute atomic E-state index is 0.180. The highest BCUT2D eigenvalue weighted by molar-refractivity contribution is 7.07. The third-order valence-electron chi connectivity index (χ3n) is 6.11. The van der Waals surface area contributed by atoms with Crippen LogP contribution in [-0.4, -0.2) is 23.1 Å². The second-order valence-electron chi connectivity index (χ2n) is 8.95. The van der Waals surface area contributed by atoms with Crippen molar-refractivity contribution in [3.8, 4) is 17.2 Å². The summed E-state index contributed by atoms with van der Waals surface area (Å²) in [5.41, 5.74) is 1.89. The quantitative estimate of drug-likeness (QED) is 0.246. The minimum Gasteiger partial charge on any atom is -0.463 e. The average molecular weight is 555 g/mol. The Bertz CT molecular complexity index is 1790. The number of fused-ring (bicyclic) bond motifs is 1. The first-order valence-corrected chi connectivity index (χ1v) is 13.5. The highest BCUT2D eigenvalue weighted by Gasteiger charge is 2.33. The molecule has 8 nitrogen and oxygen atoms in total. The van der Waals surface area contributed by atoms with Crippen molar-refractivity contribution in [1.29, 1.82) is 0 Å². The Kier molecular flexibility index (Phi) is 7.75. The van der Waals surface area contributed by atoms with Crippen LogP contribution in [0.1, 0.15) is 37.9 Å². The molecule has 1 aromatic heterocycles. The number of esters is 2. The molecule has 0 amide bonds. The molecule has 0 saturated carbocycles. The second kappa shape index (κ2) is 11.5. The number of carbonyl (C=O) groups is 2. The maximum Gasteiger partial charge on any atom is 0.338 e. The number of nitrogens with zero attached hydrogens (tertiary/aromatic N) is 2. The van der Waals surface area contributed by atoms with Crippen LogP contribution >= 0.6 is 11.3 Å². The number of ether oxygens (including phenoxy) is 3. The zero-order chi connectivity index (χ0) is 28.2. The average Bonchev–Trinajstić information content (AvgIpc) is 3.23. The van der Waals surface area contributed by atoms with Gasteiger partial charge in [-0.3, -0.25) is 14.2 Å². The van der Waals surface area contributed by atoms with E-state index in [1.165, 1.54) is 22.8 Å². The molecular formula is C31H26N2O6S. The van der Waals surface area contributed by atoms with E-state index in [0.717, 1.165) is 5.56 Å². The van der Waals surface area contributed by atoms with Gasteiger partial charge in [0, 0.05) is 6.92 Å². The smallest absolute Gasteiger partial charge is 0.338 e. The first-order valence-electron chi connectivity index (χ1n) is 12.6. The molecule has 40 heavy (non-hydrogen) atoms. The molecule has 0 radical (unpaired) electrons. The number of carbonyl (C=O) groups excluding carboxylic acids is 2. The molecule has 5 rings (SSSR count). The summed E-state index contributed by atoms with van der Waals surface area (Å²) in [6.07, 6.45) is 1.78. The van der Waals surface area contributed by atoms with E-state index < -0.39 is 18.0 Å². The Balaban J connectivity index is 1.59. The van der Waals surface area contributed by atoms with Gasteiger partial charge in [-0.05, 0) is 67.4 Å². The van der Waals surface area contributed by atoms with Gasteiger partial charge >= 0.3 is 11.9 Å². The summed E-state index contributed by atoms with van der Waals surface area (Å²) in [5, 5.41) is 0. The number of thiazole rings is 1. The minimum atomic E-state index is -0.767. The van der Waals surface area contributed by atoms with Crippen molar-refractivity contribution in [2.45, 2.75) is 26.8 Å². The molecule has 0 bridgehead atoms. The van der Waals surface area contributed by atoms with Crippen LogP contribution in [0.25, 0.3) is 6.08 Å². The van der Waals surface area contributed by atoms with Crippen LogP contribution in [0.5, 0.6) is 17.2 Å². The Morgan fingerprint density at radius 2 is 1.70 bits per heavy atom. The molecule has 202 valence electrons. The summed E-state index contributed by atoms with van der Waals surface area (Å²) >= 11 is 1.24. The summed E-state index contributed by atoms with van der Waals surface area (Å²) < 4.78 is 18.4. The van der Waals surface area contributed by atoms with Crippen molar-refractivity contribution < 1.29 is 23.8 Å². The fourth-order valence-corrected chi connectivity index (χ4v) is 5.48. The van der Waals surface area contributed by atoms with E-state index >= 15 is 0 Å². The van der Waals surface area contributed by atoms with Crippen LogP contribution in [0.4, 0.5) is 0 Å². The van der Waals surface area contributed by atoms with Crippen LogP contribution in [0.2, 0.25) is 0 Å². The zero-order valence-corrected chi connectivity index (χ0v) is 22.9. The number of para-hydroxylation sites is 1. The molecule has 1 aliphatic heterocycles. The van der Waals surface area contributed by atoms with Crippen LogP contribution in [0.3, 0.4) is 0 Å². The molecule has 0 aliphatic carbocycles. The second-order valence-corrected chi connectivity index (χ2v) is 9.96. The lowest BCUT2D eigenvalue weighted by Gasteiger charge is -2.24. The van der Waals surface area contributed by atoms with Gasteiger partial charge in [-0.2, -0.15) is 0 Å². The number of hydrogen-bond donors (Lipinski definition) is 0. The first kappa shape index (κ1) is 26.8. The maximum absolute atomic E-state index is 13.8. The summed E-state index contributed by atoms with van der Waals surface area (Å²) in [6, 6.07) is 22.8. The van der Waals surface area contributed by atoms with Crippen LogP contribution in [-0.2, 0) is 14.3 Å². The molecule has 1 atom stereocenters. The van der Waals surface area contributed by atoms with Crippen LogP contribution in [0, 0.1) is 0 Å². The third kappa shape index (κ3) is 5.64. The molecule has 3 aromatic carbocycles. The molecule has 1 aliphatic rings. The number of hydrogen-bond acceptors (Lipinski definition) is 8. The van der Waals surface area contributed by atoms with Crippen molar-refractivity contribution >= 4 is 29.4 Å². The summed E-state index contributed by atoms with van der Waals surface area (Å²) in [5.74, 6) is 0.721. The monoisotopic (exact) mass is 554 g/mol. The standard InChI is InChI=1S/C31H26N2O6S/c1-4-37-30(36)27-19(2)32-31-33(28(27)22-13-15-24(16-14-22)38-20(3)34)29(35)26(40-31)18-21-9-8-12-25(17-21)39-23-10-6-5-7-11-23/h5-18,28H,4H2,1-3H3/b26-18+. The highest BCUT2D eigenvalue weighted by atomic mass is 32.1. The molecule has 0 N–H and O–H groups in total. The van der Waals surface area contributed by atoms with Crippen LogP contribution in [0.15, 0.2) is 99.9 Å². The topological polar surface area (TPSA) is 96.2 Å². The van der Waals surface area contributed by atoms with Crippen molar-refractivity contribution in [2.24, 2.45) is 4.99 Å². The highest BCUT2D eigenvalue weighted by Crippen LogP contribution is 2.31. The Morgan fingerprint density at radius 3 is 2.40 bits per heavy atom. The SMILES string of the molecule is CCOC(=O)C1=C(C)N=c2s/c(=C/c3cccc(Oc4ccccc4)c3)c(=O)n2C1c1ccc(OC(C)=O)cc1. The normalized spacial score (nSPS) is 14.8. The van der Waals surface area contributed by atoms with E-state index in [0.29, 0.717) is 37.8 Å². The van der Waals surface area contributed by atoms with E-state index in [4.69, 9.17) is 14.2 Å². The largest absolute Gasteiger partial charge is 0.463 e. The van der Waals surface area contributed by atoms with Crippen LogP contribution < -0.4 is 24.4 Å². The molecule has 2 heterocycles. The maximum atomic E-state index is 13.8. The fraction of sp³-hybridized carbons (Fsp3) is 0.161. The Labute approximate surface area is 234 Å². The van der Waals surface area contributed by atoms with Crippen molar-refractivity contribution in [1.82, 2.24) is 4.57 Å². The van der Waals surface area contributed by atoms with Gasteiger partial charge in [-0.25, -0.2) is 9.79 Å². The molecule has 4 aromatic rings. The molecule has 0 spiro atoms. The molecule has 0 fully saturated rings. The van der Waals surface area contributed by atoms with Gasteiger partial charge in [0.15, 0.2) is 4.80 Å². The van der Waals surface area contributed by atoms with Crippen molar-refractivity contribution in [3.63, 3.8) is 0 Å². The van der Waals surface area contributed by atoms with Crippen molar-refractivity contribution in [3.05, 3.63) is 121 Å². The van der Waals surface area contributed by atoms with Gasteiger partial charge < -0.3 is 14.2 Å². The summed E-state index contributed by atoms with van der Waals surface area (Å²) in [7, 11) is 0. The number of rotatable bonds is 7. The zero-order valence-electron chi connectivity index (χ0n) is 22.1. The predicted molar refractivity (Wildman–Crippen MR) is 151 cm³/mol. The van der Waals surface area contributed by atoms with Gasteiger partial charge in [0.05, 0.1) is 28.5 Å². The lowest BCUT2D eigenvalue weighted by Crippen LogP contribution is -2.39. The van der Waals surface area contributed by atoms with E-state index in [-0.39, 0.29) is 17.7 Å². The molecule has 0 saturated heterocycles. The summed E-state index contributed by atoms with van der Waals surface area (Å²) in [4.78, 5) is 43.3. The van der Waals surface area contributed by atoms with E-state index in [9.17, 15) is 14.4 Å². The lowest BCUT2D eigenvalue weighted by atomic mass is 9.96. The van der Waals surface area contributed by atoms with Gasteiger partial charge in [0.25, 0.3) is 5.56 Å². The van der Waals surface area contributed by atoms with E-state index in [1.807, 2.05) is 54.6 Å². The number of allylic oxidation sites excluding steroid dienone is 1. The molecule has 9 heteroatoms. The van der Waals surface area contributed by atoms with Gasteiger partial charge in [-0.1, -0.05) is 53.8 Å². The number of aromatic nitrogens is 1. The van der Waals surface area contributed by atoms with Gasteiger partial charge in [-0.15, -0.1) is 0 Å². The Hall–Kier alpha value is -4.76. The molecule has 1 unspecified atom stereocenters. The summed E-state index contributed by atoms with van der Waals surface area (Å²) in [6.45, 7) is 4.95. The van der Waals surface area contributed by atoms with E-state index in [1.54, 1.807) is 44.2 Å². The van der Waals surface area contributed by atoms with Crippen molar-refractivity contribution in [2.75, 3.05) is 6.61 Å². The van der Waals surface area contributed by atoms with Gasteiger partial charge in [0.1, 0.15) is 17.2 Å². The van der Waals surface area contributed by atoms with Gasteiger partial charge in [0.2, 0.25) is 0 Å².